The van der Waals surface area contributed by atoms with Crippen LogP contribution in [0.25, 0.3) is 0 Å². The highest BCUT2D eigenvalue weighted by Crippen LogP contribution is 2.44. The van der Waals surface area contributed by atoms with Gasteiger partial charge in [-0.3, -0.25) is 14.5 Å². The van der Waals surface area contributed by atoms with Crippen LogP contribution < -0.4 is 10.1 Å². The third-order valence-electron chi connectivity index (χ3n) is 6.44. The molecule has 1 aromatic carbocycles. The number of hydrogen-bond donors (Lipinski definition) is 3. The molecule has 8 heteroatoms. The number of carboxylic acid groups (broad SMARTS) is 1. The van der Waals surface area contributed by atoms with Crippen LogP contribution >= 0.6 is 11.6 Å². The molecule has 0 unspecified atom stereocenters. The standard InChI is InChI=1S/C21H29ClN2O3.CH2O2/c1-12(25)23-18-5-13-8-24(9-14(13)6-19(18)26)10-15-4-16(22)7-17-20(15)27-11-21(17,2)3;2-1-3/h4,7,13-14,18-19,26H,5-6,8-11H2,1-3H3,(H,23,25);1H,(H,2,3)/t13-,14+,18-,19-;/m1./s1. The van der Waals surface area contributed by atoms with Gasteiger partial charge < -0.3 is 20.3 Å². The first-order valence-electron chi connectivity index (χ1n) is 10.4. The zero-order valence-electron chi connectivity index (χ0n) is 17.7. The highest BCUT2D eigenvalue weighted by Gasteiger charge is 2.42. The molecule has 3 aliphatic rings. The van der Waals surface area contributed by atoms with Crippen LogP contribution in [0.15, 0.2) is 12.1 Å². The molecule has 166 valence electrons. The van der Waals surface area contributed by atoms with Crippen LogP contribution in [0.5, 0.6) is 5.75 Å². The monoisotopic (exact) mass is 438 g/mol. The summed E-state index contributed by atoms with van der Waals surface area (Å²) in [4.78, 5) is 22.2. The van der Waals surface area contributed by atoms with Crippen LogP contribution in [0.3, 0.4) is 0 Å². The number of fused-ring (bicyclic) bond motifs is 2. The Morgan fingerprint density at radius 2 is 1.97 bits per heavy atom. The van der Waals surface area contributed by atoms with Gasteiger partial charge >= 0.3 is 0 Å². The fraction of sp³-hybridized carbons (Fsp3) is 0.636. The van der Waals surface area contributed by atoms with Crippen LogP contribution in [0.2, 0.25) is 5.02 Å². The van der Waals surface area contributed by atoms with Crippen molar-refractivity contribution in [1.82, 2.24) is 10.2 Å². The normalized spacial score (nSPS) is 29.1. The summed E-state index contributed by atoms with van der Waals surface area (Å²) in [5.74, 6) is 1.92. The Hall–Kier alpha value is -1.83. The maximum atomic E-state index is 11.4. The molecular formula is C22H31ClN2O5. The first-order valence-corrected chi connectivity index (χ1v) is 10.7. The third kappa shape index (κ3) is 4.90. The summed E-state index contributed by atoms with van der Waals surface area (Å²) in [7, 11) is 0. The first kappa shape index (κ1) is 22.8. The maximum Gasteiger partial charge on any atom is 0.290 e. The Bertz CT molecular complexity index is 800. The lowest BCUT2D eigenvalue weighted by Gasteiger charge is -2.35. The van der Waals surface area contributed by atoms with E-state index in [-0.39, 0.29) is 23.8 Å². The number of hydrogen-bond acceptors (Lipinski definition) is 5. The fourth-order valence-electron chi connectivity index (χ4n) is 5.08. The first-order chi connectivity index (χ1) is 14.1. The molecule has 2 heterocycles. The topological polar surface area (TPSA) is 99.1 Å². The van der Waals surface area contributed by atoms with Crippen molar-refractivity contribution in [2.75, 3.05) is 19.7 Å². The highest BCUT2D eigenvalue weighted by atomic mass is 35.5. The second kappa shape index (κ2) is 9.12. The number of likely N-dealkylation sites (tertiary alicyclic amines) is 1. The van der Waals surface area contributed by atoms with Crippen molar-refractivity contribution in [3.05, 3.63) is 28.3 Å². The largest absolute Gasteiger partial charge is 0.492 e. The summed E-state index contributed by atoms with van der Waals surface area (Å²) in [6, 6.07) is 3.94. The van der Waals surface area contributed by atoms with Crippen molar-refractivity contribution in [1.29, 1.82) is 0 Å². The number of carbonyl (C=O) groups excluding carboxylic acids is 1. The van der Waals surface area contributed by atoms with E-state index in [0.29, 0.717) is 18.4 Å². The molecule has 1 saturated carbocycles. The molecule has 2 aliphatic heterocycles. The Kier molecular flexibility index (Phi) is 6.95. The lowest BCUT2D eigenvalue weighted by atomic mass is 9.77. The van der Waals surface area contributed by atoms with Crippen molar-refractivity contribution >= 4 is 24.0 Å². The minimum Gasteiger partial charge on any atom is -0.492 e. The number of benzene rings is 1. The smallest absolute Gasteiger partial charge is 0.290 e. The number of nitrogens with zero attached hydrogens (tertiary/aromatic N) is 1. The fourth-order valence-corrected chi connectivity index (χ4v) is 5.33. The second-order valence-corrected chi connectivity index (χ2v) is 9.72. The number of aliphatic hydroxyl groups excluding tert-OH is 1. The van der Waals surface area contributed by atoms with E-state index < -0.39 is 6.10 Å². The van der Waals surface area contributed by atoms with E-state index >= 15 is 0 Å². The molecule has 0 spiro atoms. The molecule has 4 atom stereocenters. The highest BCUT2D eigenvalue weighted by molar-refractivity contribution is 6.30. The zero-order chi connectivity index (χ0) is 22.1. The molecule has 7 nitrogen and oxygen atoms in total. The number of amides is 1. The average Bonchev–Trinajstić information content (AvgIpc) is 3.15. The summed E-state index contributed by atoms with van der Waals surface area (Å²) < 4.78 is 6.03. The van der Waals surface area contributed by atoms with E-state index in [2.05, 4.69) is 24.1 Å². The van der Waals surface area contributed by atoms with Crippen LogP contribution in [0.4, 0.5) is 0 Å². The van der Waals surface area contributed by atoms with Crippen molar-refractivity contribution in [2.24, 2.45) is 11.8 Å². The molecule has 4 rings (SSSR count). The Balaban J connectivity index is 0.000000806. The van der Waals surface area contributed by atoms with Crippen molar-refractivity contribution in [2.45, 2.75) is 57.7 Å². The molecule has 1 aromatic rings. The van der Waals surface area contributed by atoms with Gasteiger partial charge in [0.25, 0.3) is 6.47 Å². The molecule has 30 heavy (non-hydrogen) atoms. The number of aliphatic hydroxyl groups is 1. The van der Waals surface area contributed by atoms with Crippen molar-refractivity contribution in [3.63, 3.8) is 0 Å². The van der Waals surface area contributed by atoms with E-state index in [1.165, 1.54) is 12.5 Å². The lowest BCUT2D eigenvalue weighted by Crippen LogP contribution is -2.48. The molecule has 1 amide bonds. The summed E-state index contributed by atoms with van der Waals surface area (Å²) in [6.07, 6.45) is 1.15. The average molecular weight is 439 g/mol. The molecule has 3 N–H and O–H groups in total. The maximum absolute atomic E-state index is 11.4. The van der Waals surface area contributed by atoms with Gasteiger partial charge in [0.2, 0.25) is 5.91 Å². The predicted molar refractivity (Wildman–Crippen MR) is 114 cm³/mol. The predicted octanol–water partition coefficient (Wildman–Crippen LogP) is 2.42. The zero-order valence-corrected chi connectivity index (χ0v) is 18.5. The molecular weight excluding hydrogens is 408 g/mol. The number of nitrogens with one attached hydrogen (secondary N) is 1. The number of ether oxygens (including phenoxy) is 1. The van der Waals surface area contributed by atoms with E-state index in [4.69, 9.17) is 26.2 Å². The van der Waals surface area contributed by atoms with Gasteiger partial charge in [0, 0.05) is 48.1 Å². The Labute approximate surface area is 182 Å². The molecule has 0 radical (unpaired) electrons. The summed E-state index contributed by atoms with van der Waals surface area (Å²) in [6.45, 7) is 9.09. The van der Waals surface area contributed by atoms with Crippen LogP contribution in [0, 0.1) is 11.8 Å². The van der Waals surface area contributed by atoms with Crippen molar-refractivity contribution < 1.29 is 24.5 Å². The third-order valence-corrected chi connectivity index (χ3v) is 6.66. The summed E-state index contributed by atoms with van der Waals surface area (Å²) in [5, 5.41) is 21.0. The Morgan fingerprint density at radius 3 is 2.60 bits per heavy atom. The quantitative estimate of drug-likeness (QED) is 0.627. The van der Waals surface area contributed by atoms with Crippen molar-refractivity contribution in [3.8, 4) is 5.75 Å². The van der Waals surface area contributed by atoms with Crippen LogP contribution in [-0.2, 0) is 21.5 Å². The number of rotatable bonds is 3. The number of halogens is 1. The van der Waals surface area contributed by atoms with Gasteiger partial charge in [-0.2, -0.15) is 0 Å². The molecule has 2 fully saturated rings. The van der Waals surface area contributed by atoms with Gasteiger partial charge in [0.1, 0.15) is 5.75 Å². The van der Waals surface area contributed by atoms with Gasteiger partial charge in [0.15, 0.2) is 0 Å². The van der Waals surface area contributed by atoms with Gasteiger partial charge in [-0.15, -0.1) is 0 Å². The van der Waals surface area contributed by atoms with E-state index in [1.807, 2.05) is 12.1 Å². The molecule has 0 bridgehead atoms. The second-order valence-electron chi connectivity index (χ2n) is 9.28. The number of carbonyl (C=O) groups is 2. The molecule has 1 aliphatic carbocycles. The van der Waals surface area contributed by atoms with E-state index in [1.54, 1.807) is 0 Å². The summed E-state index contributed by atoms with van der Waals surface area (Å²) >= 11 is 6.40. The summed E-state index contributed by atoms with van der Waals surface area (Å²) in [5.41, 5.74) is 2.34. The van der Waals surface area contributed by atoms with E-state index in [9.17, 15) is 9.90 Å². The molecule has 0 aromatic heterocycles. The SMILES string of the molecule is CC(=O)N[C@@H]1C[C@@H]2CN(Cc3cc(Cl)cc4c3OCC4(C)C)C[C@@H]2C[C@H]1O.O=CO. The minimum absolute atomic E-state index is 0.0102. The van der Waals surface area contributed by atoms with E-state index in [0.717, 1.165) is 48.8 Å². The van der Waals surface area contributed by atoms with Crippen LogP contribution in [0.1, 0.15) is 44.7 Å². The molecule has 1 saturated heterocycles. The van der Waals surface area contributed by atoms with Gasteiger partial charge in [-0.25, -0.2) is 0 Å². The van der Waals surface area contributed by atoms with Crippen LogP contribution in [-0.4, -0.2) is 59.3 Å². The van der Waals surface area contributed by atoms with Gasteiger partial charge in [-0.05, 0) is 36.8 Å². The van der Waals surface area contributed by atoms with Gasteiger partial charge in [-0.1, -0.05) is 25.4 Å². The Morgan fingerprint density at radius 1 is 1.33 bits per heavy atom. The minimum atomic E-state index is -0.449. The van der Waals surface area contributed by atoms with Gasteiger partial charge in [0.05, 0.1) is 18.8 Å². The lowest BCUT2D eigenvalue weighted by molar-refractivity contribution is -0.123.